The van der Waals surface area contributed by atoms with Gasteiger partial charge in [0, 0.05) is 10.4 Å². The first-order valence-corrected chi connectivity index (χ1v) is 8.46. The number of nitrogens with zero attached hydrogens (tertiary/aromatic N) is 3. The minimum atomic E-state index is -0.694. The average molecular weight is 406 g/mol. The van der Waals surface area contributed by atoms with Crippen LogP contribution in [0, 0.1) is 0 Å². The van der Waals surface area contributed by atoms with Crippen LogP contribution in [0.25, 0.3) is 10.9 Å². The first-order chi connectivity index (χ1) is 12.9. The number of amides is 1. The van der Waals surface area contributed by atoms with Crippen molar-refractivity contribution in [1.29, 1.82) is 0 Å². The number of aromatic hydroxyl groups is 1. The van der Waals surface area contributed by atoms with Gasteiger partial charge in [-0.3, -0.25) is 14.2 Å². The largest absolute Gasteiger partial charge is 0.493 e. The van der Waals surface area contributed by atoms with Crippen molar-refractivity contribution < 1.29 is 19.4 Å². The molecule has 1 amide bonds. The number of hydrogen-bond donors (Lipinski definition) is 1. The standard InChI is InChI=1S/C18H13Cl2N3O4/c1-27-15(24)9-23-14-5-3-2-4-12(14)16(18(23)26)21-22-17(25)11-7-6-10(19)8-13(11)20/h2-8,26H,9H2,1H3. The average Bonchev–Trinajstić information content (AvgIpc) is 2.91. The molecule has 27 heavy (non-hydrogen) atoms. The van der Waals surface area contributed by atoms with Crippen molar-refractivity contribution in [3.8, 4) is 5.88 Å². The van der Waals surface area contributed by atoms with E-state index in [4.69, 9.17) is 23.2 Å². The van der Waals surface area contributed by atoms with Crippen LogP contribution in [0.15, 0.2) is 52.7 Å². The molecule has 1 aromatic heterocycles. The number of methoxy groups -OCH3 is 1. The van der Waals surface area contributed by atoms with E-state index >= 15 is 0 Å². The van der Waals surface area contributed by atoms with Crippen molar-refractivity contribution in [1.82, 2.24) is 4.57 Å². The maximum atomic E-state index is 12.3. The molecule has 3 aromatic rings. The molecule has 0 bridgehead atoms. The number of carbonyl (C=O) groups excluding carboxylic acids is 2. The third-order valence-electron chi connectivity index (χ3n) is 3.83. The number of carbonyl (C=O) groups is 2. The molecule has 9 heteroatoms. The summed E-state index contributed by atoms with van der Waals surface area (Å²) in [6, 6.07) is 11.2. The fourth-order valence-electron chi connectivity index (χ4n) is 2.54. The minimum absolute atomic E-state index is 0.0629. The van der Waals surface area contributed by atoms with Crippen molar-refractivity contribution in [3.63, 3.8) is 0 Å². The molecule has 0 saturated heterocycles. The van der Waals surface area contributed by atoms with E-state index in [0.29, 0.717) is 15.9 Å². The summed E-state index contributed by atoms with van der Waals surface area (Å²) in [5.41, 5.74) is 0.738. The second-order valence-electron chi connectivity index (χ2n) is 5.48. The van der Waals surface area contributed by atoms with E-state index in [-0.39, 0.29) is 28.7 Å². The van der Waals surface area contributed by atoms with Crippen LogP contribution < -0.4 is 0 Å². The lowest BCUT2D eigenvalue weighted by atomic mass is 10.2. The Hall–Kier alpha value is -2.90. The van der Waals surface area contributed by atoms with Gasteiger partial charge in [-0.1, -0.05) is 41.4 Å². The molecule has 0 aliphatic carbocycles. The van der Waals surface area contributed by atoms with Crippen molar-refractivity contribution in [2.45, 2.75) is 6.54 Å². The molecule has 7 nitrogen and oxygen atoms in total. The van der Waals surface area contributed by atoms with Crippen molar-refractivity contribution in [2.75, 3.05) is 7.11 Å². The van der Waals surface area contributed by atoms with Crippen LogP contribution in [0.4, 0.5) is 5.69 Å². The number of azo groups is 1. The van der Waals surface area contributed by atoms with Gasteiger partial charge in [-0.2, -0.15) is 0 Å². The fourth-order valence-corrected chi connectivity index (χ4v) is 3.03. The quantitative estimate of drug-likeness (QED) is 0.500. The third-order valence-corrected chi connectivity index (χ3v) is 4.38. The lowest BCUT2D eigenvalue weighted by Gasteiger charge is -2.04. The van der Waals surface area contributed by atoms with E-state index in [9.17, 15) is 14.7 Å². The number of esters is 1. The van der Waals surface area contributed by atoms with Crippen LogP contribution in [0.1, 0.15) is 10.4 Å². The smallest absolute Gasteiger partial charge is 0.325 e. The zero-order chi connectivity index (χ0) is 19.6. The lowest BCUT2D eigenvalue weighted by Crippen LogP contribution is -2.10. The van der Waals surface area contributed by atoms with Gasteiger partial charge < -0.3 is 9.84 Å². The number of benzene rings is 2. The second kappa shape index (κ2) is 7.77. The zero-order valence-corrected chi connectivity index (χ0v) is 15.5. The van der Waals surface area contributed by atoms with Gasteiger partial charge in [-0.05, 0) is 24.3 Å². The minimum Gasteiger partial charge on any atom is -0.493 e. The molecule has 2 aromatic carbocycles. The van der Waals surface area contributed by atoms with Gasteiger partial charge in [0.25, 0.3) is 5.91 Å². The number of aromatic nitrogens is 1. The van der Waals surface area contributed by atoms with Crippen LogP contribution in [-0.4, -0.2) is 28.7 Å². The summed E-state index contributed by atoms with van der Waals surface area (Å²) in [6.45, 7) is -0.213. The Labute approximate surface area is 163 Å². The number of halogens is 2. The number of ether oxygens (including phenoxy) is 1. The van der Waals surface area contributed by atoms with Gasteiger partial charge in [0.05, 0.1) is 23.2 Å². The zero-order valence-electron chi connectivity index (χ0n) is 14.0. The van der Waals surface area contributed by atoms with Gasteiger partial charge >= 0.3 is 5.97 Å². The van der Waals surface area contributed by atoms with Gasteiger partial charge in [-0.25, -0.2) is 0 Å². The van der Waals surface area contributed by atoms with E-state index in [1.807, 2.05) is 0 Å². The van der Waals surface area contributed by atoms with E-state index in [1.54, 1.807) is 24.3 Å². The van der Waals surface area contributed by atoms with E-state index in [1.165, 1.54) is 29.9 Å². The molecular weight excluding hydrogens is 393 g/mol. The molecule has 1 heterocycles. The molecular formula is C18H13Cl2N3O4. The van der Waals surface area contributed by atoms with E-state index < -0.39 is 11.9 Å². The highest BCUT2D eigenvalue weighted by molar-refractivity contribution is 6.36. The first kappa shape index (κ1) is 18.9. The maximum absolute atomic E-state index is 12.3. The molecule has 0 aliphatic heterocycles. The summed E-state index contributed by atoms with van der Waals surface area (Å²) in [5, 5.41) is 19.1. The fraction of sp³-hybridized carbons (Fsp3) is 0.111. The van der Waals surface area contributed by atoms with Crippen molar-refractivity contribution >= 4 is 51.7 Å². The third kappa shape index (κ3) is 3.79. The van der Waals surface area contributed by atoms with E-state index in [0.717, 1.165) is 0 Å². The van der Waals surface area contributed by atoms with Gasteiger partial charge in [0.15, 0.2) is 5.69 Å². The number of para-hydroxylation sites is 1. The van der Waals surface area contributed by atoms with Crippen LogP contribution >= 0.6 is 23.2 Å². The Morgan fingerprint density at radius 2 is 1.93 bits per heavy atom. The number of fused-ring (bicyclic) bond motifs is 1. The molecule has 0 spiro atoms. The predicted molar refractivity (Wildman–Crippen MR) is 101 cm³/mol. The predicted octanol–water partition coefficient (Wildman–Crippen LogP) is 4.75. The molecule has 0 atom stereocenters. The normalized spacial score (nSPS) is 11.2. The van der Waals surface area contributed by atoms with Crippen molar-refractivity contribution in [2.24, 2.45) is 10.2 Å². The Morgan fingerprint density at radius 1 is 1.19 bits per heavy atom. The highest BCUT2D eigenvalue weighted by Gasteiger charge is 2.19. The summed E-state index contributed by atoms with van der Waals surface area (Å²) in [4.78, 5) is 23.9. The highest BCUT2D eigenvalue weighted by Crippen LogP contribution is 2.39. The molecule has 0 saturated carbocycles. The van der Waals surface area contributed by atoms with Gasteiger partial charge in [0.1, 0.15) is 6.54 Å². The molecule has 0 aliphatic rings. The monoisotopic (exact) mass is 405 g/mol. The van der Waals surface area contributed by atoms with Crippen LogP contribution in [0.3, 0.4) is 0 Å². The summed E-state index contributed by atoms with van der Waals surface area (Å²) in [7, 11) is 1.25. The topological polar surface area (TPSA) is 93.2 Å². The maximum Gasteiger partial charge on any atom is 0.325 e. The van der Waals surface area contributed by atoms with Crippen LogP contribution in [-0.2, 0) is 16.1 Å². The second-order valence-corrected chi connectivity index (χ2v) is 6.32. The molecule has 138 valence electrons. The first-order valence-electron chi connectivity index (χ1n) is 7.70. The summed E-state index contributed by atoms with van der Waals surface area (Å²) >= 11 is 11.8. The SMILES string of the molecule is COC(=O)Cn1c(O)c(N=NC(=O)c2ccc(Cl)cc2Cl)c2ccccc21. The Bertz CT molecular complexity index is 1080. The van der Waals surface area contributed by atoms with Gasteiger partial charge in [0.2, 0.25) is 5.88 Å². The molecule has 0 unspecified atom stereocenters. The summed E-state index contributed by atoms with van der Waals surface area (Å²) < 4.78 is 5.97. The highest BCUT2D eigenvalue weighted by atomic mass is 35.5. The number of hydrogen-bond acceptors (Lipinski definition) is 5. The van der Waals surface area contributed by atoms with Crippen LogP contribution in [0.2, 0.25) is 10.0 Å². The van der Waals surface area contributed by atoms with Crippen LogP contribution in [0.5, 0.6) is 5.88 Å². The molecule has 0 fully saturated rings. The Morgan fingerprint density at radius 3 is 2.63 bits per heavy atom. The molecule has 1 N–H and O–H groups in total. The molecule has 0 radical (unpaired) electrons. The Kier molecular flexibility index (Phi) is 5.43. The van der Waals surface area contributed by atoms with E-state index in [2.05, 4.69) is 15.0 Å². The summed E-state index contributed by atoms with van der Waals surface area (Å²) in [5.74, 6) is -1.54. The molecule has 3 rings (SSSR count). The summed E-state index contributed by atoms with van der Waals surface area (Å²) in [6.07, 6.45) is 0. The van der Waals surface area contributed by atoms with Crippen molar-refractivity contribution in [3.05, 3.63) is 58.1 Å². The number of rotatable bonds is 4. The van der Waals surface area contributed by atoms with Gasteiger partial charge in [-0.15, -0.1) is 10.2 Å². The lowest BCUT2D eigenvalue weighted by molar-refractivity contribution is -0.141. The Balaban J connectivity index is 2.01.